The van der Waals surface area contributed by atoms with Crippen LogP contribution in [0.25, 0.3) is 0 Å². The van der Waals surface area contributed by atoms with Gasteiger partial charge >= 0.3 is 0 Å². The predicted molar refractivity (Wildman–Crippen MR) is 82.8 cm³/mol. The van der Waals surface area contributed by atoms with Gasteiger partial charge in [0.2, 0.25) is 0 Å². The molecular weight excluding hydrogens is 274 g/mol. The number of phenols is 1. The first-order chi connectivity index (χ1) is 9.63. The quantitative estimate of drug-likeness (QED) is 0.866. The fourth-order valence-electron chi connectivity index (χ4n) is 2.02. The van der Waals surface area contributed by atoms with Crippen molar-refractivity contribution in [1.82, 2.24) is 0 Å². The SMILES string of the molecule is CCc1cccc(NCc2cc(Cl)cc(OC)c2O)c1. The molecule has 0 atom stereocenters. The molecule has 2 aromatic rings. The number of aryl methyl sites for hydroxylation is 1. The van der Waals surface area contributed by atoms with Gasteiger partial charge in [-0.1, -0.05) is 30.7 Å². The minimum absolute atomic E-state index is 0.121. The Morgan fingerprint density at radius 1 is 1.25 bits per heavy atom. The second kappa shape index (κ2) is 6.53. The van der Waals surface area contributed by atoms with Gasteiger partial charge in [-0.05, 0) is 30.2 Å². The summed E-state index contributed by atoms with van der Waals surface area (Å²) in [6, 6.07) is 11.5. The number of phenolic OH excluding ortho intramolecular Hbond substituents is 1. The van der Waals surface area contributed by atoms with Gasteiger partial charge in [-0.15, -0.1) is 0 Å². The van der Waals surface area contributed by atoms with Crippen LogP contribution in [0.3, 0.4) is 0 Å². The third-order valence-electron chi connectivity index (χ3n) is 3.16. The van der Waals surface area contributed by atoms with Crippen molar-refractivity contribution >= 4 is 17.3 Å². The van der Waals surface area contributed by atoms with Crippen molar-refractivity contribution in [1.29, 1.82) is 0 Å². The Balaban J connectivity index is 2.16. The van der Waals surface area contributed by atoms with Gasteiger partial charge < -0.3 is 15.2 Å². The molecule has 20 heavy (non-hydrogen) atoms. The highest BCUT2D eigenvalue weighted by atomic mass is 35.5. The van der Waals surface area contributed by atoms with Gasteiger partial charge in [0.05, 0.1) is 7.11 Å². The van der Waals surface area contributed by atoms with Gasteiger partial charge in [0.25, 0.3) is 0 Å². The summed E-state index contributed by atoms with van der Waals surface area (Å²) in [7, 11) is 1.51. The lowest BCUT2D eigenvalue weighted by molar-refractivity contribution is 0.371. The molecule has 0 aliphatic carbocycles. The van der Waals surface area contributed by atoms with Gasteiger partial charge in [-0.2, -0.15) is 0 Å². The van der Waals surface area contributed by atoms with Crippen molar-refractivity contribution < 1.29 is 9.84 Å². The molecule has 3 nitrogen and oxygen atoms in total. The molecule has 0 aliphatic heterocycles. The second-order valence-electron chi connectivity index (χ2n) is 4.52. The van der Waals surface area contributed by atoms with Crippen molar-refractivity contribution in [2.45, 2.75) is 19.9 Å². The minimum Gasteiger partial charge on any atom is -0.504 e. The van der Waals surface area contributed by atoms with Crippen LogP contribution in [0.1, 0.15) is 18.1 Å². The van der Waals surface area contributed by atoms with Crippen LogP contribution >= 0.6 is 11.6 Å². The van der Waals surface area contributed by atoms with Crippen molar-refractivity contribution in [3.05, 3.63) is 52.5 Å². The van der Waals surface area contributed by atoms with Crippen LogP contribution in [0.2, 0.25) is 5.02 Å². The van der Waals surface area contributed by atoms with Crippen LogP contribution in [0, 0.1) is 0 Å². The maximum atomic E-state index is 10.1. The molecule has 2 rings (SSSR count). The van der Waals surface area contributed by atoms with E-state index in [-0.39, 0.29) is 5.75 Å². The van der Waals surface area contributed by atoms with Crippen LogP contribution in [-0.2, 0) is 13.0 Å². The average Bonchev–Trinajstić information content (AvgIpc) is 2.48. The van der Waals surface area contributed by atoms with E-state index in [1.54, 1.807) is 12.1 Å². The summed E-state index contributed by atoms with van der Waals surface area (Å²) in [5.74, 6) is 0.507. The van der Waals surface area contributed by atoms with Crippen molar-refractivity contribution in [3.8, 4) is 11.5 Å². The number of benzene rings is 2. The molecule has 0 spiro atoms. The Bertz CT molecular complexity index is 599. The number of aromatic hydroxyl groups is 1. The van der Waals surface area contributed by atoms with Crippen LogP contribution in [0.5, 0.6) is 11.5 Å². The molecule has 2 N–H and O–H groups in total. The molecule has 0 amide bonds. The number of methoxy groups -OCH3 is 1. The van der Waals surface area contributed by atoms with E-state index in [9.17, 15) is 5.11 Å². The summed E-state index contributed by atoms with van der Waals surface area (Å²) in [6.45, 7) is 2.60. The highest BCUT2D eigenvalue weighted by Crippen LogP contribution is 2.33. The summed E-state index contributed by atoms with van der Waals surface area (Å²) >= 11 is 6.01. The highest BCUT2D eigenvalue weighted by Gasteiger charge is 2.09. The van der Waals surface area contributed by atoms with E-state index in [2.05, 4.69) is 24.4 Å². The normalized spacial score (nSPS) is 10.3. The van der Waals surface area contributed by atoms with Crippen molar-refractivity contribution in [2.75, 3.05) is 12.4 Å². The fraction of sp³-hybridized carbons (Fsp3) is 0.250. The van der Waals surface area contributed by atoms with Crippen LogP contribution in [-0.4, -0.2) is 12.2 Å². The first-order valence-corrected chi connectivity index (χ1v) is 6.90. The molecule has 0 radical (unpaired) electrons. The molecule has 0 saturated carbocycles. The monoisotopic (exact) mass is 291 g/mol. The molecule has 0 saturated heterocycles. The van der Waals surface area contributed by atoms with E-state index in [0.717, 1.165) is 12.1 Å². The summed E-state index contributed by atoms with van der Waals surface area (Å²) < 4.78 is 5.09. The maximum Gasteiger partial charge on any atom is 0.162 e. The number of anilines is 1. The summed E-state index contributed by atoms with van der Waals surface area (Å²) in [4.78, 5) is 0. The van der Waals surface area contributed by atoms with Crippen LogP contribution < -0.4 is 10.1 Å². The molecule has 0 bridgehead atoms. The topological polar surface area (TPSA) is 41.5 Å². The van der Waals surface area contributed by atoms with Gasteiger partial charge in [0, 0.05) is 28.9 Å². The van der Waals surface area contributed by atoms with Gasteiger partial charge in [0.15, 0.2) is 11.5 Å². The molecule has 4 heteroatoms. The Hall–Kier alpha value is -1.87. The summed E-state index contributed by atoms with van der Waals surface area (Å²) in [6.07, 6.45) is 0.992. The molecule has 0 aromatic heterocycles. The van der Waals surface area contributed by atoms with Crippen molar-refractivity contribution in [2.24, 2.45) is 0 Å². The molecule has 0 fully saturated rings. The maximum absolute atomic E-state index is 10.1. The Morgan fingerprint density at radius 2 is 2.05 bits per heavy atom. The van der Waals surface area contributed by atoms with E-state index >= 15 is 0 Å². The largest absolute Gasteiger partial charge is 0.504 e. The van der Waals surface area contributed by atoms with Gasteiger partial charge in [-0.3, -0.25) is 0 Å². The first kappa shape index (κ1) is 14.5. The lowest BCUT2D eigenvalue weighted by Crippen LogP contribution is -2.01. The fourth-order valence-corrected chi connectivity index (χ4v) is 2.25. The lowest BCUT2D eigenvalue weighted by Gasteiger charge is -2.12. The smallest absolute Gasteiger partial charge is 0.162 e. The van der Waals surface area contributed by atoms with Crippen LogP contribution in [0.15, 0.2) is 36.4 Å². The minimum atomic E-state index is 0.121. The van der Waals surface area contributed by atoms with E-state index in [0.29, 0.717) is 22.9 Å². The number of rotatable bonds is 5. The molecule has 0 heterocycles. The lowest BCUT2D eigenvalue weighted by atomic mass is 10.1. The Morgan fingerprint density at radius 3 is 2.75 bits per heavy atom. The van der Waals surface area contributed by atoms with Crippen molar-refractivity contribution in [3.63, 3.8) is 0 Å². The molecular formula is C16H18ClNO2. The third-order valence-corrected chi connectivity index (χ3v) is 3.37. The number of hydrogen-bond donors (Lipinski definition) is 2. The van der Waals surface area contributed by atoms with E-state index < -0.39 is 0 Å². The van der Waals surface area contributed by atoms with E-state index in [1.807, 2.05) is 12.1 Å². The molecule has 2 aromatic carbocycles. The third kappa shape index (κ3) is 3.36. The van der Waals surface area contributed by atoms with Gasteiger partial charge in [-0.25, -0.2) is 0 Å². The number of halogens is 1. The zero-order valence-electron chi connectivity index (χ0n) is 11.6. The molecule has 0 unspecified atom stereocenters. The second-order valence-corrected chi connectivity index (χ2v) is 4.96. The molecule has 0 aliphatic rings. The standard InChI is InChI=1S/C16H18ClNO2/c1-3-11-5-4-6-14(7-11)18-10-12-8-13(17)9-15(20-2)16(12)19/h4-9,18-19H,3,10H2,1-2H3. The zero-order chi connectivity index (χ0) is 14.5. The van der Waals surface area contributed by atoms with E-state index in [1.165, 1.54) is 12.7 Å². The van der Waals surface area contributed by atoms with Crippen LogP contribution in [0.4, 0.5) is 5.69 Å². The molecule has 106 valence electrons. The zero-order valence-corrected chi connectivity index (χ0v) is 12.4. The Labute approximate surface area is 124 Å². The number of nitrogens with one attached hydrogen (secondary N) is 1. The van der Waals surface area contributed by atoms with Gasteiger partial charge in [0.1, 0.15) is 0 Å². The number of hydrogen-bond acceptors (Lipinski definition) is 3. The predicted octanol–water partition coefficient (Wildman–Crippen LogP) is 4.23. The number of ether oxygens (including phenoxy) is 1. The summed E-state index contributed by atoms with van der Waals surface area (Å²) in [5.41, 5.74) is 2.99. The van der Waals surface area contributed by atoms with E-state index in [4.69, 9.17) is 16.3 Å². The Kier molecular flexibility index (Phi) is 4.74. The summed E-state index contributed by atoms with van der Waals surface area (Å²) in [5, 5.41) is 13.9. The average molecular weight is 292 g/mol. The highest BCUT2D eigenvalue weighted by molar-refractivity contribution is 6.30. The first-order valence-electron chi connectivity index (χ1n) is 6.52.